The number of nitrogens with zero attached hydrogens (tertiary/aromatic N) is 6. The molecular formula is C18H19N9O3. The highest BCUT2D eigenvalue weighted by atomic mass is 16.6. The van der Waals surface area contributed by atoms with Gasteiger partial charge in [-0.25, -0.2) is 19.7 Å². The van der Waals surface area contributed by atoms with Gasteiger partial charge in [0.1, 0.15) is 11.5 Å². The van der Waals surface area contributed by atoms with Crippen LogP contribution in [0.4, 0.5) is 22.1 Å². The summed E-state index contributed by atoms with van der Waals surface area (Å²) in [7, 11) is 3.08. The molecule has 0 spiro atoms. The van der Waals surface area contributed by atoms with E-state index in [9.17, 15) is 9.59 Å². The Hall–Kier alpha value is -4.09. The normalized spacial score (nSPS) is 12.9. The van der Waals surface area contributed by atoms with E-state index in [4.69, 9.17) is 4.74 Å². The van der Waals surface area contributed by atoms with Gasteiger partial charge in [-0.15, -0.1) is 0 Å². The van der Waals surface area contributed by atoms with Crippen LogP contribution >= 0.6 is 0 Å². The number of carbonyl (C=O) groups is 2. The Bertz CT molecular complexity index is 1080. The van der Waals surface area contributed by atoms with Gasteiger partial charge < -0.3 is 15.4 Å². The van der Waals surface area contributed by atoms with E-state index < -0.39 is 12.0 Å². The number of aryl methyl sites for hydroxylation is 1. The number of hydrogen-bond donors (Lipinski definition) is 3. The van der Waals surface area contributed by atoms with Crippen molar-refractivity contribution < 1.29 is 14.3 Å². The van der Waals surface area contributed by atoms with Gasteiger partial charge in [-0.2, -0.15) is 5.10 Å². The molecule has 4 rings (SSSR count). The standard InChI is InChI=1S/C18H19N9O3/c1-19-16(28)14-12(8-23-27(14)2)25-18(29)30-17-15(26-13-9-20-5-6-21-13)22-7-11(24-17)10-3-4-10/h5-10H,3-4H2,1-2H3,(H,19,28)(H,25,29)(H,21,22,26). The number of carbonyl (C=O) groups excluding carboxylic acids is 2. The van der Waals surface area contributed by atoms with E-state index in [-0.39, 0.29) is 23.1 Å². The van der Waals surface area contributed by atoms with Crippen molar-refractivity contribution in [3.63, 3.8) is 0 Å². The molecule has 3 N–H and O–H groups in total. The van der Waals surface area contributed by atoms with Crippen LogP contribution in [0, 0.1) is 0 Å². The van der Waals surface area contributed by atoms with Gasteiger partial charge in [0, 0.05) is 32.4 Å². The van der Waals surface area contributed by atoms with Crippen LogP contribution in [0.15, 0.2) is 31.0 Å². The van der Waals surface area contributed by atoms with Crippen molar-refractivity contribution in [2.45, 2.75) is 18.8 Å². The summed E-state index contributed by atoms with van der Waals surface area (Å²) in [6, 6.07) is 0. The first-order valence-electron chi connectivity index (χ1n) is 9.18. The first kappa shape index (κ1) is 19.2. The Morgan fingerprint density at radius 3 is 2.70 bits per heavy atom. The summed E-state index contributed by atoms with van der Waals surface area (Å²) in [5.41, 5.74) is 1.14. The SMILES string of the molecule is CNC(=O)c1c(NC(=O)Oc2nc(C3CC3)cnc2Nc2cnccn2)cnn1C. The molecule has 30 heavy (non-hydrogen) atoms. The molecule has 0 bridgehead atoms. The minimum atomic E-state index is -0.836. The number of hydrogen-bond acceptors (Lipinski definition) is 9. The second kappa shape index (κ2) is 8.11. The van der Waals surface area contributed by atoms with Gasteiger partial charge in [0.05, 0.1) is 30.0 Å². The Kier molecular flexibility index (Phi) is 5.20. The third kappa shape index (κ3) is 4.16. The number of amides is 2. The fourth-order valence-corrected chi connectivity index (χ4v) is 2.74. The van der Waals surface area contributed by atoms with Gasteiger partial charge in [-0.05, 0) is 12.8 Å². The molecule has 0 radical (unpaired) electrons. The van der Waals surface area contributed by atoms with Crippen LogP contribution in [0.2, 0.25) is 0 Å². The molecule has 3 heterocycles. The maximum absolute atomic E-state index is 12.5. The topological polar surface area (TPSA) is 149 Å². The average molecular weight is 409 g/mol. The lowest BCUT2D eigenvalue weighted by atomic mass is 10.3. The predicted molar refractivity (Wildman–Crippen MR) is 106 cm³/mol. The summed E-state index contributed by atoms with van der Waals surface area (Å²) in [4.78, 5) is 41.4. The molecule has 0 unspecified atom stereocenters. The quantitative estimate of drug-likeness (QED) is 0.551. The minimum Gasteiger partial charge on any atom is -0.387 e. The van der Waals surface area contributed by atoms with Crippen molar-refractivity contribution in [1.29, 1.82) is 0 Å². The highest BCUT2D eigenvalue weighted by Crippen LogP contribution is 2.40. The van der Waals surface area contributed by atoms with E-state index in [1.165, 1.54) is 36.5 Å². The zero-order chi connectivity index (χ0) is 21.1. The van der Waals surface area contributed by atoms with Crippen LogP contribution in [0.1, 0.15) is 34.9 Å². The number of aromatic nitrogens is 6. The van der Waals surface area contributed by atoms with Crippen molar-refractivity contribution in [1.82, 2.24) is 35.0 Å². The smallest absolute Gasteiger partial charge is 0.387 e. The molecule has 2 amide bonds. The molecule has 3 aromatic heterocycles. The second-order valence-corrected chi connectivity index (χ2v) is 6.56. The maximum Gasteiger partial charge on any atom is 0.418 e. The van der Waals surface area contributed by atoms with Gasteiger partial charge >= 0.3 is 6.09 Å². The van der Waals surface area contributed by atoms with Crippen LogP contribution in [0.25, 0.3) is 0 Å². The summed E-state index contributed by atoms with van der Waals surface area (Å²) < 4.78 is 6.77. The lowest BCUT2D eigenvalue weighted by molar-refractivity contribution is 0.0954. The predicted octanol–water partition coefficient (Wildman–Crippen LogP) is 1.59. The van der Waals surface area contributed by atoms with Crippen LogP contribution in [0.3, 0.4) is 0 Å². The maximum atomic E-state index is 12.5. The molecule has 12 nitrogen and oxygen atoms in total. The molecule has 12 heteroatoms. The Balaban J connectivity index is 1.56. The van der Waals surface area contributed by atoms with E-state index in [1.807, 2.05) is 0 Å². The Morgan fingerprint density at radius 2 is 2.00 bits per heavy atom. The zero-order valence-electron chi connectivity index (χ0n) is 16.3. The van der Waals surface area contributed by atoms with Gasteiger partial charge in [0.25, 0.3) is 11.8 Å². The minimum absolute atomic E-state index is 0.00654. The van der Waals surface area contributed by atoms with E-state index in [2.05, 4.69) is 41.0 Å². The Morgan fingerprint density at radius 1 is 1.17 bits per heavy atom. The summed E-state index contributed by atoms with van der Waals surface area (Å²) in [6.07, 6.45) is 8.76. The van der Waals surface area contributed by atoms with Gasteiger partial charge in [-0.3, -0.25) is 19.8 Å². The molecule has 1 aliphatic rings. The van der Waals surface area contributed by atoms with Crippen LogP contribution < -0.4 is 20.7 Å². The number of anilines is 3. The summed E-state index contributed by atoms with van der Waals surface area (Å²) in [5, 5.41) is 12.0. The van der Waals surface area contributed by atoms with Crippen molar-refractivity contribution >= 4 is 29.3 Å². The molecule has 0 aromatic carbocycles. The summed E-state index contributed by atoms with van der Waals surface area (Å²) >= 11 is 0. The molecule has 154 valence electrons. The molecular weight excluding hydrogens is 390 g/mol. The highest BCUT2D eigenvalue weighted by molar-refractivity contribution is 6.01. The first-order chi connectivity index (χ1) is 14.5. The molecule has 1 saturated carbocycles. The molecule has 1 fully saturated rings. The molecule has 3 aromatic rings. The van der Waals surface area contributed by atoms with Crippen LogP contribution in [-0.2, 0) is 7.05 Å². The number of nitrogens with one attached hydrogen (secondary N) is 3. The lowest BCUT2D eigenvalue weighted by Crippen LogP contribution is -2.25. The fourth-order valence-electron chi connectivity index (χ4n) is 2.74. The number of ether oxygens (including phenoxy) is 1. The molecule has 0 saturated heterocycles. The summed E-state index contributed by atoms with van der Waals surface area (Å²) in [6.45, 7) is 0. The number of rotatable bonds is 6. The van der Waals surface area contributed by atoms with Crippen molar-refractivity contribution in [3.8, 4) is 5.88 Å². The van der Waals surface area contributed by atoms with Gasteiger partial charge in [0.2, 0.25) is 0 Å². The zero-order valence-corrected chi connectivity index (χ0v) is 16.3. The fraction of sp³-hybridized carbons (Fsp3) is 0.278. The van der Waals surface area contributed by atoms with Crippen LogP contribution in [0.5, 0.6) is 5.88 Å². The van der Waals surface area contributed by atoms with Crippen molar-refractivity contribution in [2.24, 2.45) is 7.05 Å². The van der Waals surface area contributed by atoms with Crippen molar-refractivity contribution in [2.75, 3.05) is 17.7 Å². The molecule has 0 aliphatic heterocycles. The highest BCUT2D eigenvalue weighted by Gasteiger charge is 2.27. The van der Waals surface area contributed by atoms with Crippen molar-refractivity contribution in [3.05, 3.63) is 42.4 Å². The van der Waals surface area contributed by atoms with E-state index in [0.29, 0.717) is 11.7 Å². The third-order valence-electron chi connectivity index (χ3n) is 4.37. The molecule has 1 aliphatic carbocycles. The summed E-state index contributed by atoms with van der Waals surface area (Å²) in [5.74, 6) is 0.545. The lowest BCUT2D eigenvalue weighted by Gasteiger charge is -2.12. The second-order valence-electron chi connectivity index (χ2n) is 6.56. The van der Waals surface area contributed by atoms with Gasteiger partial charge in [-0.1, -0.05) is 0 Å². The first-order valence-corrected chi connectivity index (χ1v) is 9.18. The molecule has 0 atom stereocenters. The van der Waals surface area contributed by atoms with Gasteiger partial charge in [0.15, 0.2) is 5.82 Å². The van der Waals surface area contributed by atoms with E-state index in [1.54, 1.807) is 13.2 Å². The van der Waals surface area contributed by atoms with Crippen LogP contribution in [-0.4, -0.2) is 48.8 Å². The van der Waals surface area contributed by atoms with E-state index in [0.717, 1.165) is 18.5 Å². The van der Waals surface area contributed by atoms with E-state index >= 15 is 0 Å². The monoisotopic (exact) mass is 409 g/mol. The average Bonchev–Trinajstić information content (AvgIpc) is 3.53. The largest absolute Gasteiger partial charge is 0.418 e. The third-order valence-corrected chi connectivity index (χ3v) is 4.37. The Labute approximate surface area is 171 Å².